The number of carboxylic acid groups (broad SMARTS) is 2. The van der Waals surface area contributed by atoms with Crippen LogP contribution in [-0.4, -0.2) is 58.6 Å². The first-order valence-corrected chi connectivity index (χ1v) is 6.98. The number of likely N-dealkylation sites (tertiary alicyclic amines) is 1. The topological polar surface area (TPSA) is 107 Å². The molecule has 7 nitrogen and oxygen atoms in total. The minimum absolute atomic E-state index is 0.0106. The van der Waals surface area contributed by atoms with Crippen LogP contribution in [-0.2, 0) is 14.4 Å². The van der Waals surface area contributed by atoms with E-state index in [9.17, 15) is 14.4 Å². The van der Waals surface area contributed by atoms with Gasteiger partial charge in [-0.15, -0.1) is 0 Å². The Labute approximate surface area is 116 Å². The first-order valence-electron chi connectivity index (χ1n) is 6.98. The minimum Gasteiger partial charge on any atom is -0.481 e. The molecular weight excluding hydrogens is 264 g/mol. The Morgan fingerprint density at radius 1 is 1.00 bits per heavy atom. The number of nitrogens with one attached hydrogen (secondary N) is 1. The normalized spacial score (nSPS) is 30.8. The average Bonchev–Trinajstić information content (AvgIpc) is 2.46. The maximum Gasteiger partial charge on any atom is 0.309 e. The molecular formula is C13H20N2O5. The standard InChI is InChI=1S/C13H20N2O5/c16-11(10-3-1-2-5-14-10)15-6-4-8(12(17)18)9(7-15)13(19)20/h8-10,14H,1-7H2,(H,17,18)(H,19,20)/t8?,9?,10-/m1/s1. The van der Waals surface area contributed by atoms with Crippen molar-refractivity contribution in [3.05, 3.63) is 0 Å². The van der Waals surface area contributed by atoms with E-state index in [0.717, 1.165) is 25.8 Å². The number of carbonyl (C=O) groups is 3. The molecule has 2 aliphatic rings. The van der Waals surface area contributed by atoms with Crippen LogP contribution in [0.2, 0.25) is 0 Å². The van der Waals surface area contributed by atoms with Crippen molar-refractivity contribution in [2.24, 2.45) is 11.8 Å². The van der Waals surface area contributed by atoms with Crippen molar-refractivity contribution in [3.8, 4) is 0 Å². The van der Waals surface area contributed by atoms with Crippen LogP contribution in [0.5, 0.6) is 0 Å². The van der Waals surface area contributed by atoms with E-state index in [1.54, 1.807) is 0 Å². The predicted octanol–water partition coefficient (Wildman–Crippen LogP) is -0.238. The summed E-state index contributed by atoms with van der Waals surface area (Å²) in [6.07, 6.45) is 2.99. The van der Waals surface area contributed by atoms with Gasteiger partial charge in [0, 0.05) is 13.1 Å². The lowest BCUT2D eigenvalue weighted by atomic mass is 9.85. The molecule has 2 aliphatic heterocycles. The Bertz CT molecular complexity index is 406. The molecule has 0 bridgehead atoms. The number of amides is 1. The fraction of sp³-hybridized carbons (Fsp3) is 0.769. The third-order valence-electron chi connectivity index (χ3n) is 4.17. The Morgan fingerprint density at radius 2 is 1.70 bits per heavy atom. The molecule has 2 fully saturated rings. The number of hydrogen-bond acceptors (Lipinski definition) is 4. The smallest absolute Gasteiger partial charge is 0.309 e. The molecule has 20 heavy (non-hydrogen) atoms. The Kier molecular flexibility index (Phi) is 4.59. The van der Waals surface area contributed by atoms with Gasteiger partial charge < -0.3 is 20.4 Å². The quantitative estimate of drug-likeness (QED) is 0.660. The highest BCUT2D eigenvalue weighted by atomic mass is 16.4. The number of carbonyl (C=O) groups excluding carboxylic acids is 1. The lowest BCUT2D eigenvalue weighted by Gasteiger charge is -2.37. The number of aliphatic carboxylic acids is 2. The molecule has 1 amide bonds. The summed E-state index contributed by atoms with van der Waals surface area (Å²) < 4.78 is 0. The summed E-state index contributed by atoms with van der Waals surface area (Å²) >= 11 is 0. The second-order valence-corrected chi connectivity index (χ2v) is 5.46. The molecule has 3 atom stereocenters. The summed E-state index contributed by atoms with van der Waals surface area (Å²) in [6, 6.07) is -0.250. The van der Waals surface area contributed by atoms with E-state index in [4.69, 9.17) is 10.2 Å². The van der Waals surface area contributed by atoms with E-state index in [0.29, 0.717) is 6.54 Å². The van der Waals surface area contributed by atoms with Crippen molar-refractivity contribution in [1.29, 1.82) is 0 Å². The largest absolute Gasteiger partial charge is 0.481 e. The van der Waals surface area contributed by atoms with Gasteiger partial charge in [0.15, 0.2) is 0 Å². The van der Waals surface area contributed by atoms with Gasteiger partial charge in [-0.3, -0.25) is 14.4 Å². The van der Waals surface area contributed by atoms with Gasteiger partial charge in [-0.25, -0.2) is 0 Å². The SMILES string of the molecule is O=C(O)C1CCN(C(=O)[C@H]2CCCCN2)CC1C(=O)O. The fourth-order valence-corrected chi connectivity index (χ4v) is 2.98. The summed E-state index contributed by atoms with van der Waals surface area (Å²) in [5.74, 6) is -4.27. The molecule has 7 heteroatoms. The van der Waals surface area contributed by atoms with E-state index in [1.165, 1.54) is 4.90 Å². The number of piperidine rings is 2. The van der Waals surface area contributed by atoms with Crippen molar-refractivity contribution in [1.82, 2.24) is 10.2 Å². The lowest BCUT2D eigenvalue weighted by molar-refractivity contribution is -0.159. The molecule has 0 aromatic rings. The molecule has 3 N–H and O–H groups in total. The molecule has 2 heterocycles. The van der Waals surface area contributed by atoms with Crippen LogP contribution in [0.15, 0.2) is 0 Å². The Balaban J connectivity index is 2.02. The van der Waals surface area contributed by atoms with Gasteiger partial charge in [0.25, 0.3) is 0 Å². The van der Waals surface area contributed by atoms with Crippen molar-refractivity contribution in [2.75, 3.05) is 19.6 Å². The summed E-state index contributed by atoms with van der Waals surface area (Å²) in [7, 11) is 0. The number of rotatable bonds is 3. The van der Waals surface area contributed by atoms with Crippen LogP contribution in [0.4, 0.5) is 0 Å². The van der Waals surface area contributed by atoms with Gasteiger partial charge >= 0.3 is 11.9 Å². The third-order valence-corrected chi connectivity index (χ3v) is 4.17. The van der Waals surface area contributed by atoms with E-state index in [2.05, 4.69) is 5.32 Å². The molecule has 2 saturated heterocycles. The minimum atomic E-state index is -1.15. The van der Waals surface area contributed by atoms with Gasteiger partial charge in [0.2, 0.25) is 5.91 Å². The van der Waals surface area contributed by atoms with E-state index < -0.39 is 23.8 Å². The van der Waals surface area contributed by atoms with Gasteiger partial charge in [-0.2, -0.15) is 0 Å². The Hall–Kier alpha value is -1.63. The third kappa shape index (κ3) is 3.09. The molecule has 2 rings (SSSR count). The summed E-state index contributed by atoms with van der Waals surface area (Å²) in [6.45, 7) is 1.10. The highest BCUT2D eigenvalue weighted by Crippen LogP contribution is 2.25. The van der Waals surface area contributed by atoms with Crippen molar-refractivity contribution in [3.63, 3.8) is 0 Å². The van der Waals surface area contributed by atoms with E-state index >= 15 is 0 Å². The zero-order valence-electron chi connectivity index (χ0n) is 11.2. The molecule has 0 spiro atoms. The van der Waals surface area contributed by atoms with Crippen LogP contribution in [0.25, 0.3) is 0 Å². The number of hydrogen-bond donors (Lipinski definition) is 3. The summed E-state index contributed by atoms with van der Waals surface area (Å²) in [5.41, 5.74) is 0. The second-order valence-electron chi connectivity index (χ2n) is 5.46. The molecule has 0 radical (unpaired) electrons. The number of nitrogens with zero attached hydrogens (tertiary/aromatic N) is 1. The van der Waals surface area contributed by atoms with Crippen molar-refractivity contribution < 1.29 is 24.6 Å². The molecule has 112 valence electrons. The van der Waals surface area contributed by atoms with E-state index in [1.807, 2.05) is 0 Å². The molecule has 2 unspecified atom stereocenters. The van der Waals surface area contributed by atoms with Crippen molar-refractivity contribution in [2.45, 2.75) is 31.7 Å². The highest BCUT2D eigenvalue weighted by molar-refractivity contribution is 5.85. The lowest BCUT2D eigenvalue weighted by Crippen LogP contribution is -2.54. The van der Waals surface area contributed by atoms with Crippen LogP contribution in [0.1, 0.15) is 25.7 Å². The number of carboxylic acids is 2. The zero-order valence-corrected chi connectivity index (χ0v) is 11.2. The Morgan fingerprint density at radius 3 is 2.25 bits per heavy atom. The fourth-order valence-electron chi connectivity index (χ4n) is 2.98. The zero-order chi connectivity index (χ0) is 14.7. The van der Waals surface area contributed by atoms with Crippen LogP contribution >= 0.6 is 0 Å². The van der Waals surface area contributed by atoms with Crippen LogP contribution < -0.4 is 5.32 Å². The highest BCUT2D eigenvalue weighted by Gasteiger charge is 2.41. The van der Waals surface area contributed by atoms with Gasteiger partial charge in [-0.1, -0.05) is 6.42 Å². The summed E-state index contributed by atoms with van der Waals surface area (Å²) in [5, 5.41) is 21.3. The van der Waals surface area contributed by atoms with Crippen molar-refractivity contribution >= 4 is 17.8 Å². The maximum atomic E-state index is 12.3. The van der Waals surface area contributed by atoms with Gasteiger partial charge in [0.1, 0.15) is 0 Å². The molecule has 0 aromatic carbocycles. The van der Waals surface area contributed by atoms with E-state index in [-0.39, 0.29) is 24.9 Å². The maximum absolute atomic E-state index is 12.3. The van der Waals surface area contributed by atoms with Crippen LogP contribution in [0.3, 0.4) is 0 Å². The van der Waals surface area contributed by atoms with Gasteiger partial charge in [-0.05, 0) is 25.8 Å². The van der Waals surface area contributed by atoms with Crippen LogP contribution in [0, 0.1) is 11.8 Å². The monoisotopic (exact) mass is 284 g/mol. The summed E-state index contributed by atoms with van der Waals surface area (Å²) in [4.78, 5) is 36.1. The first kappa shape index (κ1) is 14.8. The molecule has 0 aliphatic carbocycles. The predicted molar refractivity (Wildman–Crippen MR) is 69.1 cm³/mol. The second kappa shape index (κ2) is 6.21. The van der Waals surface area contributed by atoms with Gasteiger partial charge in [0.05, 0.1) is 17.9 Å². The average molecular weight is 284 g/mol. The molecule has 0 aromatic heterocycles. The molecule has 0 saturated carbocycles. The first-order chi connectivity index (χ1) is 9.50.